The third-order valence-corrected chi connectivity index (χ3v) is 5.71. The van der Waals surface area contributed by atoms with E-state index in [1.807, 2.05) is 0 Å². The summed E-state index contributed by atoms with van der Waals surface area (Å²) >= 11 is 0. The number of carbonyl (C=O) groups is 1. The lowest BCUT2D eigenvalue weighted by Crippen LogP contribution is -2.23. The third-order valence-electron chi connectivity index (χ3n) is 4.00. The monoisotopic (exact) mass is 404 g/mol. The maximum atomic E-state index is 13.8. The number of benzene rings is 1. The van der Waals surface area contributed by atoms with Gasteiger partial charge in [-0.25, -0.2) is 22.3 Å². The Kier molecular flexibility index (Phi) is 5.41. The molecule has 1 amide bonds. The molecule has 8 nitrogen and oxygen atoms in total. The van der Waals surface area contributed by atoms with Crippen molar-refractivity contribution >= 4 is 15.9 Å². The molecular formula is C18H17FN4O4S. The van der Waals surface area contributed by atoms with Gasteiger partial charge in [0.2, 0.25) is 9.84 Å². The summed E-state index contributed by atoms with van der Waals surface area (Å²) in [5, 5.41) is 15.0. The molecule has 0 fully saturated rings. The van der Waals surface area contributed by atoms with Crippen LogP contribution in [0.5, 0.6) is 0 Å². The Balaban J connectivity index is 2.13. The molecule has 0 aliphatic rings. The number of nitrogens with one attached hydrogen (secondary N) is 1. The molecule has 146 valence electrons. The predicted molar refractivity (Wildman–Crippen MR) is 97.7 cm³/mol. The van der Waals surface area contributed by atoms with Gasteiger partial charge in [0.05, 0.1) is 16.3 Å². The first-order chi connectivity index (χ1) is 13.3. The van der Waals surface area contributed by atoms with Crippen LogP contribution in [0.3, 0.4) is 0 Å². The number of sulfone groups is 1. The van der Waals surface area contributed by atoms with E-state index in [9.17, 15) is 17.6 Å². The molecule has 0 aliphatic carbocycles. The van der Waals surface area contributed by atoms with Gasteiger partial charge in [-0.15, -0.1) is 0 Å². The summed E-state index contributed by atoms with van der Waals surface area (Å²) in [5.74, 6) is -0.532. The Hall–Kier alpha value is -3.27. The van der Waals surface area contributed by atoms with Crippen LogP contribution in [0.25, 0.3) is 5.69 Å². The minimum Gasteiger partial charge on any atom is -0.465 e. The number of carboxylic acid groups (broad SMARTS) is 1. The fourth-order valence-electron chi connectivity index (χ4n) is 2.63. The van der Waals surface area contributed by atoms with Gasteiger partial charge in [-0.05, 0) is 42.8 Å². The second-order valence-corrected chi connectivity index (χ2v) is 7.89. The van der Waals surface area contributed by atoms with E-state index in [4.69, 9.17) is 5.11 Å². The van der Waals surface area contributed by atoms with Crippen molar-refractivity contribution in [1.29, 1.82) is 0 Å². The maximum Gasteiger partial charge on any atom is 0.404 e. The van der Waals surface area contributed by atoms with Crippen molar-refractivity contribution in [3.8, 4) is 5.69 Å². The van der Waals surface area contributed by atoms with E-state index in [0.29, 0.717) is 11.3 Å². The van der Waals surface area contributed by atoms with E-state index in [0.717, 1.165) is 4.68 Å². The predicted octanol–water partition coefficient (Wildman–Crippen LogP) is 2.36. The topological polar surface area (TPSA) is 114 Å². The van der Waals surface area contributed by atoms with Gasteiger partial charge in [-0.1, -0.05) is 6.07 Å². The third kappa shape index (κ3) is 4.01. The number of nitrogens with zero attached hydrogens (tertiary/aromatic N) is 3. The number of pyridine rings is 1. The van der Waals surface area contributed by atoms with E-state index in [1.54, 1.807) is 6.92 Å². The number of hydrogen-bond acceptors (Lipinski definition) is 5. The summed E-state index contributed by atoms with van der Waals surface area (Å²) in [7, 11) is -3.99. The Bertz CT molecular complexity index is 1110. The molecule has 0 aliphatic heterocycles. The molecule has 10 heteroatoms. The zero-order valence-electron chi connectivity index (χ0n) is 14.8. The lowest BCUT2D eigenvalue weighted by atomic mass is 10.2. The Morgan fingerprint density at radius 2 is 2.07 bits per heavy atom. The lowest BCUT2D eigenvalue weighted by molar-refractivity contribution is 0.194. The maximum absolute atomic E-state index is 13.8. The summed E-state index contributed by atoms with van der Waals surface area (Å²) in [6.45, 7) is 1.77. The molecule has 0 spiro atoms. The molecule has 28 heavy (non-hydrogen) atoms. The van der Waals surface area contributed by atoms with Crippen molar-refractivity contribution < 1.29 is 22.7 Å². The first-order valence-electron chi connectivity index (χ1n) is 8.26. The summed E-state index contributed by atoms with van der Waals surface area (Å²) in [6, 6.07) is 8.26. The molecule has 0 radical (unpaired) electrons. The molecule has 0 atom stereocenters. The highest BCUT2D eigenvalue weighted by Crippen LogP contribution is 2.26. The van der Waals surface area contributed by atoms with E-state index in [1.165, 1.54) is 48.8 Å². The van der Waals surface area contributed by atoms with Gasteiger partial charge in [0, 0.05) is 25.4 Å². The van der Waals surface area contributed by atoms with Crippen LogP contribution in [0.1, 0.15) is 11.3 Å². The van der Waals surface area contributed by atoms with Crippen molar-refractivity contribution in [1.82, 2.24) is 20.1 Å². The van der Waals surface area contributed by atoms with Crippen LogP contribution >= 0.6 is 0 Å². The van der Waals surface area contributed by atoms with Crippen molar-refractivity contribution in [2.45, 2.75) is 23.3 Å². The minimum absolute atomic E-state index is 0.0274. The van der Waals surface area contributed by atoms with Crippen LogP contribution in [0.2, 0.25) is 0 Å². The van der Waals surface area contributed by atoms with Gasteiger partial charge in [0.25, 0.3) is 0 Å². The summed E-state index contributed by atoms with van der Waals surface area (Å²) < 4.78 is 41.2. The fraction of sp³-hybridized carbons (Fsp3) is 0.167. The molecule has 0 unspecified atom stereocenters. The molecule has 2 N–H and O–H groups in total. The quantitative estimate of drug-likeness (QED) is 0.652. The van der Waals surface area contributed by atoms with Crippen LogP contribution in [-0.4, -0.2) is 40.9 Å². The highest BCUT2D eigenvalue weighted by Gasteiger charge is 2.26. The van der Waals surface area contributed by atoms with Gasteiger partial charge in [0.15, 0.2) is 5.03 Å². The zero-order valence-corrected chi connectivity index (χ0v) is 15.6. The van der Waals surface area contributed by atoms with Crippen molar-refractivity contribution in [3.63, 3.8) is 0 Å². The Labute approximate surface area is 160 Å². The van der Waals surface area contributed by atoms with Crippen molar-refractivity contribution in [2.75, 3.05) is 6.54 Å². The first kappa shape index (κ1) is 19.5. The van der Waals surface area contributed by atoms with Crippen LogP contribution in [0.4, 0.5) is 9.18 Å². The van der Waals surface area contributed by atoms with Crippen molar-refractivity contribution in [3.05, 3.63) is 65.9 Å². The lowest BCUT2D eigenvalue weighted by Gasteiger charge is -2.11. The van der Waals surface area contributed by atoms with Gasteiger partial charge in [-0.3, -0.25) is 4.98 Å². The van der Waals surface area contributed by atoms with Gasteiger partial charge in [-0.2, -0.15) is 5.10 Å². The van der Waals surface area contributed by atoms with Gasteiger partial charge >= 0.3 is 6.09 Å². The van der Waals surface area contributed by atoms with Gasteiger partial charge < -0.3 is 10.4 Å². The standard InChI is InChI=1S/C18H17FN4O4S/c1-12-4-5-13(19)9-16(12)23-17(10-14(22-23)6-8-21-18(24)25)28(26,27)15-3-2-7-20-11-15/h2-5,7,9-11,21H,6,8H2,1H3,(H,24,25). The molecule has 0 saturated carbocycles. The van der Waals surface area contributed by atoms with Crippen LogP contribution in [0.15, 0.2) is 58.7 Å². The number of amides is 1. The highest BCUT2D eigenvalue weighted by molar-refractivity contribution is 7.91. The molecule has 2 heterocycles. The molecule has 0 bridgehead atoms. The summed E-state index contributed by atoms with van der Waals surface area (Å²) in [5.41, 5.74) is 1.25. The number of halogens is 1. The van der Waals surface area contributed by atoms with E-state index < -0.39 is 21.7 Å². The average molecular weight is 404 g/mol. The van der Waals surface area contributed by atoms with E-state index in [-0.39, 0.29) is 28.6 Å². The zero-order chi connectivity index (χ0) is 20.3. The SMILES string of the molecule is Cc1ccc(F)cc1-n1nc(CCNC(=O)O)cc1S(=O)(=O)c1cccnc1. The molecule has 2 aromatic heterocycles. The molecule has 1 aromatic carbocycles. The number of hydrogen-bond donors (Lipinski definition) is 2. The second-order valence-electron chi connectivity index (χ2n) is 5.99. The van der Waals surface area contributed by atoms with E-state index in [2.05, 4.69) is 15.4 Å². The molecule has 3 aromatic rings. The van der Waals surface area contributed by atoms with Crippen LogP contribution in [-0.2, 0) is 16.3 Å². The molecule has 0 saturated heterocycles. The minimum atomic E-state index is -3.99. The van der Waals surface area contributed by atoms with E-state index >= 15 is 0 Å². The summed E-state index contributed by atoms with van der Waals surface area (Å²) in [6.07, 6.45) is 1.65. The average Bonchev–Trinajstić information content (AvgIpc) is 3.09. The van der Waals surface area contributed by atoms with Gasteiger partial charge in [0.1, 0.15) is 5.82 Å². The fourth-order valence-corrected chi connectivity index (χ4v) is 3.99. The first-order valence-corrected chi connectivity index (χ1v) is 9.75. The molecular weight excluding hydrogens is 387 g/mol. The summed E-state index contributed by atoms with van der Waals surface area (Å²) in [4.78, 5) is 14.4. The Morgan fingerprint density at radius 1 is 1.29 bits per heavy atom. The number of aromatic nitrogens is 3. The smallest absolute Gasteiger partial charge is 0.404 e. The Morgan fingerprint density at radius 3 is 2.75 bits per heavy atom. The number of aryl methyl sites for hydroxylation is 1. The van der Waals surface area contributed by atoms with Crippen LogP contribution in [0, 0.1) is 12.7 Å². The second kappa shape index (κ2) is 7.77. The van der Waals surface area contributed by atoms with Crippen molar-refractivity contribution in [2.24, 2.45) is 0 Å². The normalized spacial score (nSPS) is 11.4. The highest BCUT2D eigenvalue weighted by atomic mass is 32.2. The molecule has 3 rings (SSSR count). The number of rotatable bonds is 6. The van der Waals surface area contributed by atoms with Crippen LogP contribution < -0.4 is 5.32 Å². The largest absolute Gasteiger partial charge is 0.465 e.